The number of aromatic hydroxyl groups is 1. The van der Waals surface area contributed by atoms with Crippen LogP contribution in [0.25, 0.3) is 11.1 Å². The summed E-state index contributed by atoms with van der Waals surface area (Å²) in [5.74, 6) is -0.633. The maximum Gasteiger partial charge on any atom is 0.425 e. The lowest BCUT2D eigenvalue weighted by Crippen LogP contribution is -2.41. The van der Waals surface area contributed by atoms with Gasteiger partial charge < -0.3 is 19.8 Å². The van der Waals surface area contributed by atoms with Gasteiger partial charge >= 0.3 is 6.18 Å². The largest absolute Gasteiger partial charge is 0.507 e. The first-order valence-corrected chi connectivity index (χ1v) is 8.18. The van der Waals surface area contributed by atoms with E-state index in [0.29, 0.717) is 0 Å². The van der Waals surface area contributed by atoms with Gasteiger partial charge in [0.1, 0.15) is 18.1 Å². The van der Waals surface area contributed by atoms with E-state index < -0.39 is 23.1 Å². The second kappa shape index (κ2) is 6.45. The number of aliphatic hydroxyl groups is 1. The fraction of sp³-hybridized carbons (Fsp3) is 0.316. The Morgan fingerprint density at radius 1 is 1.22 bits per heavy atom. The van der Waals surface area contributed by atoms with Gasteiger partial charge in [-0.05, 0) is 11.6 Å². The van der Waals surface area contributed by atoms with Crippen LogP contribution >= 0.6 is 0 Å². The molecule has 1 aliphatic carbocycles. The Bertz CT molecular complexity index is 897. The number of ether oxygens (including phenoxy) is 1. The molecule has 1 amide bonds. The second-order valence-electron chi connectivity index (χ2n) is 6.41. The summed E-state index contributed by atoms with van der Waals surface area (Å²) in [6.07, 6.45) is -4.99. The Balaban J connectivity index is 2.02. The van der Waals surface area contributed by atoms with Crippen LogP contribution in [0.2, 0.25) is 0 Å². The third-order valence-electron chi connectivity index (χ3n) is 4.71. The minimum Gasteiger partial charge on any atom is -0.507 e. The van der Waals surface area contributed by atoms with Crippen LogP contribution in [0.15, 0.2) is 36.4 Å². The monoisotopic (exact) mass is 381 g/mol. The number of carbonyl (C=O) groups excluding carboxylic acids is 1. The summed E-state index contributed by atoms with van der Waals surface area (Å²) in [6, 6.07) is 7.81. The molecule has 144 valence electrons. The Morgan fingerprint density at radius 2 is 1.89 bits per heavy atom. The molecule has 2 N–H and O–H groups in total. The predicted octanol–water partition coefficient (Wildman–Crippen LogP) is 3.03. The van der Waals surface area contributed by atoms with Crippen LogP contribution in [0.3, 0.4) is 0 Å². The number of benzene rings is 2. The van der Waals surface area contributed by atoms with E-state index in [1.165, 1.54) is 42.2 Å². The van der Waals surface area contributed by atoms with Crippen LogP contribution in [-0.4, -0.2) is 47.4 Å². The van der Waals surface area contributed by atoms with E-state index in [1.54, 1.807) is 7.05 Å². The smallest absolute Gasteiger partial charge is 0.425 e. The van der Waals surface area contributed by atoms with Gasteiger partial charge in [-0.15, -0.1) is 0 Å². The van der Waals surface area contributed by atoms with Gasteiger partial charge in [-0.2, -0.15) is 13.2 Å². The molecule has 0 fully saturated rings. The first-order valence-electron chi connectivity index (χ1n) is 8.18. The van der Waals surface area contributed by atoms with Gasteiger partial charge in [0.15, 0.2) is 0 Å². The van der Waals surface area contributed by atoms with Gasteiger partial charge in [0, 0.05) is 36.7 Å². The average Bonchev–Trinajstić information content (AvgIpc) is 2.85. The van der Waals surface area contributed by atoms with Gasteiger partial charge in [-0.3, -0.25) is 4.79 Å². The lowest BCUT2D eigenvalue weighted by Gasteiger charge is -2.28. The lowest BCUT2D eigenvalue weighted by atomic mass is 9.90. The highest BCUT2D eigenvalue weighted by atomic mass is 19.4. The molecule has 0 heterocycles. The summed E-state index contributed by atoms with van der Waals surface area (Å²) in [7, 11) is 1.56. The summed E-state index contributed by atoms with van der Waals surface area (Å²) in [5.41, 5.74) is -4.01. The van der Waals surface area contributed by atoms with Gasteiger partial charge in [0.05, 0.1) is 6.54 Å². The maximum atomic E-state index is 13.8. The number of hydrogen-bond acceptors (Lipinski definition) is 4. The Labute approximate surface area is 153 Å². The van der Waals surface area contributed by atoms with E-state index in [4.69, 9.17) is 4.74 Å². The minimum atomic E-state index is -4.99. The van der Waals surface area contributed by atoms with E-state index >= 15 is 0 Å². The molecule has 1 aliphatic rings. The van der Waals surface area contributed by atoms with Crippen molar-refractivity contribution in [1.29, 1.82) is 0 Å². The molecule has 0 saturated heterocycles. The highest BCUT2D eigenvalue weighted by molar-refractivity contribution is 5.85. The van der Waals surface area contributed by atoms with Crippen LogP contribution < -0.4 is 4.74 Å². The number of phenols is 1. The fourth-order valence-corrected chi connectivity index (χ4v) is 3.18. The third kappa shape index (κ3) is 2.99. The summed E-state index contributed by atoms with van der Waals surface area (Å²) in [6.45, 7) is 1.62. The molecule has 1 unspecified atom stereocenters. The van der Waals surface area contributed by atoms with Crippen molar-refractivity contribution in [3.05, 3.63) is 47.5 Å². The van der Waals surface area contributed by atoms with Crippen molar-refractivity contribution in [3.63, 3.8) is 0 Å². The number of halogens is 3. The SMILES string of the molecule is CC(=O)N(C)CCOc1cc(O)c2c(c1)C(O)(C(F)(F)F)c1ccccc1-2. The number of fused-ring (bicyclic) bond motifs is 3. The molecule has 2 aromatic carbocycles. The van der Waals surface area contributed by atoms with Crippen molar-refractivity contribution >= 4 is 5.91 Å². The standard InChI is InChI=1S/C19H18F3NO4/c1-11(24)23(2)7-8-27-12-9-15-17(16(25)10-12)13-5-3-4-6-14(13)18(15,26)19(20,21)22/h3-6,9-10,25-26H,7-8H2,1-2H3. The first kappa shape index (κ1) is 19.0. The first-order chi connectivity index (χ1) is 12.6. The van der Waals surface area contributed by atoms with Crippen LogP contribution in [0.1, 0.15) is 18.1 Å². The molecule has 0 aromatic heterocycles. The molecule has 1 atom stereocenters. The van der Waals surface area contributed by atoms with Gasteiger partial charge in [-0.1, -0.05) is 24.3 Å². The summed E-state index contributed by atoms with van der Waals surface area (Å²) < 4.78 is 46.8. The average molecular weight is 381 g/mol. The number of alkyl halides is 3. The number of phenolic OH excluding ortho intramolecular Hbond substituents is 1. The topological polar surface area (TPSA) is 70.0 Å². The van der Waals surface area contributed by atoms with Crippen molar-refractivity contribution < 1.29 is 32.9 Å². The molecule has 0 saturated carbocycles. The molecule has 0 radical (unpaired) electrons. The van der Waals surface area contributed by atoms with Gasteiger partial charge in [-0.25, -0.2) is 0 Å². The van der Waals surface area contributed by atoms with Gasteiger partial charge in [0.2, 0.25) is 11.5 Å². The summed E-state index contributed by atoms with van der Waals surface area (Å²) >= 11 is 0. The number of amides is 1. The molecular formula is C19H18F3NO4. The zero-order chi connectivity index (χ0) is 20.0. The van der Waals surface area contributed by atoms with Crippen molar-refractivity contribution in [2.24, 2.45) is 0 Å². The number of nitrogens with zero attached hydrogens (tertiary/aromatic N) is 1. The molecule has 0 bridgehead atoms. The Kier molecular flexibility index (Phi) is 4.55. The summed E-state index contributed by atoms with van der Waals surface area (Å²) in [5, 5.41) is 21.0. The predicted molar refractivity (Wildman–Crippen MR) is 91.4 cm³/mol. The molecule has 27 heavy (non-hydrogen) atoms. The quantitative estimate of drug-likeness (QED) is 0.854. The van der Waals surface area contributed by atoms with Gasteiger partial charge in [0.25, 0.3) is 0 Å². The number of hydrogen-bond donors (Lipinski definition) is 2. The number of likely N-dealkylation sites (N-methyl/N-ethyl adjacent to an activating group) is 1. The maximum absolute atomic E-state index is 13.8. The lowest BCUT2D eigenvalue weighted by molar-refractivity contribution is -0.246. The van der Waals surface area contributed by atoms with Crippen molar-refractivity contribution in [3.8, 4) is 22.6 Å². The molecule has 3 rings (SSSR count). The van der Waals surface area contributed by atoms with Crippen LogP contribution in [-0.2, 0) is 10.4 Å². The highest BCUT2D eigenvalue weighted by Gasteiger charge is 2.61. The summed E-state index contributed by atoms with van der Waals surface area (Å²) in [4.78, 5) is 12.6. The Morgan fingerprint density at radius 3 is 2.52 bits per heavy atom. The zero-order valence-electron chi connectivity index (χ0n) is 14.7. The molecular weight excluding hydrogens is 363 g/mol. The number of rotatable bonds is 4. The van der Waals surface area contributed by atoms with E-state index in [9.17, 15) is 28.2 Å². The second-order valence-corrected chi connectivity index (χ2v) is 6.41. The van der Waals surface area contributed by atoms with Crippen molar-refractivity contribution in [1.82, 2.24) is 4.90 Å². The minimum absolute atomic E-state index is 0.0195. The molecule has 0 spiro atoms. The van der Waals surface area contributed by atoms with Crippen LogP contribution in [0, 0.1) is 0 Å². The van der Waals surface area contributed by atoms with E-state index in [0.717, 1.165) is 6.07 Å². The molecule has 0 aliphatic heterocycles. The number of carbonyl (C=O) groups is 1. The van der Waals surface area contributed by atoms with E-state index in [-0.39, 0.29) is 41.5 Å². The van der Waals surface area contributed by atoms with Crippen LogP contribution in [0.4, 0.5) is 13.2 Å². The van der Waals surface area contributed by atoms with Crippen molar-refractivity contribution in [2.45, 2.75) is 18.7 Å². The third-order valence-corrected chi connectivity index (χ3v) is 4.71. The molecule has 5 nitrogen and oxygen atoms in total. The Hall–Kier alpha value is -2.74. The van der Waals surface area contributed by atoms with Crippen LogP contribution in [0.5, 0.6) is 11.5 Å². The van der Waals surface area contributed by atoms with Crippen molar-refractivity contribution in [2.75, 3.05) is 20.2 Å². The highest BCUT2D eigenvalue weighted by Crippen LogP contribution is 2.57. The van der Waals surface area contributed by atoms with E-state index in [1.807, 2.05) is 0 Å². The normalized spacial score (nSPS) is 18.0. The fourth-order valence-electron chi connectivity index (χ4n) is 3.18. The molecule has 8 heteroatoms. The zero-order valence-corrected chi connectivity index (χ0v) is 14.7. The van der Waals surface area contributed by atoms with E-state index in [2.05, 4.69) is 0 Å². The molecule has 2 aromatic rings.